The fraction of sp³-hybridized carbons (Fsp3) is 0.0435. The molecule has 3 aromatic carbocycles. The number of nitrogens with zero attached hydrogens (tertiary/aromatic N) is 1. The van der Waals surface area contributed by atoms with E-state index in [-0.39, 0.29) is 5.91 Å². The minimum Gasteiger partial charge on any atom is -0.322 e. The summed E-state index contributed by atoms with van der Waals surface area (Å²) in [7, 11) is -3.42. The first kappa shape index (κ1) is 20.8. The Balaban J connectivity index is 1.72. The fourth-order valence-corrected chi connectivity index (χ4v) is 3.89. The minimum absolute atomic E-state index is 0.328. The molecule has 1 amide bonds. The third kappa shape index (κ3) is 5.02. The van der Waals surface area contributed by atoms with Gasteiger partial charge >= 0.3 is 0 Å². The quantitative estimate of drug-likeness (QED) is 0.437. The molecule has 0 fully saturated rings. The zero-order valence-electron chi connectivity index (χ0n) is 16.5. The number of nitrogens with one attached hydrogen (secondary N) is 2. The molecule has 31 heavy (non-hydrogen) atoms. The molecule has 2 N–H and O–H groups in total. The summed E-state index contributed by atoms with van der Waals surface area (Å²) in [5, 5.41) is 4.17. The van der Waals surface area contributed by atoms with Gasteiger partial charge in [-0.15, -0.1) is 0 Å². The van der Waals surface area contributed by atoms with Crippen LogP contribution in [0.4, 0.5) is 11.4 Å². The molecular weight excluding hydrogens is 434 g/mol. The molecule has 0 aliphatic heterocycles. The van der Waals surface area contributed by atoms with Crippen LogP contribution in [-0.2, 0) is 10.0 Å². The highest BCUT2D eigenvalue weighted by atomic mass is 35.5. The van der Waals surface area contributed by atoms with Crippen molar-refractivity contribution in [3.63, 3.8) is 0 Å². The second-order valence-corrected chi connectivity index (χ2v) is 9.17. The Bertz CT molecular complexity index is 1390. The van der Waals surface area contributed by atoms with Gasteiger partial charge in [-0.05, 0) is 42.5 Å². The van der Waals surface area contributed by atoms with E-state index in [1.54, 1.807) is 42.5 Å². The van der Waals surface area contributed by atoms with E-state index < -0.39 is 10.0 Å². The third-order valence-electron chi connectivity index (χ3n) is 4.52. The molecule has 0 saturated carbocycles. The van der Waals surface area contributed by atoms with Crippen LogP contribution < -0.4 is 10.0 Å². The van der Waals surface area contributed by atoms with Gasteiger partial charge in [0, 0.05) is 21.7 Å². The molecule has 0 saturated heterocycles. The van der Waals surface area contributed by atoms with Gasteiger partial charge in [-0.1, -0.05) is 48.0 Å². The lowest BCUT2D eigenvalue weighted by Crippen LogP contribution is -2.14. The lowest BCUT2D eigenvalue weighted by atomic mass is 10.0. The van der Waals surface area contributed by atoms with Crippen molar-refractivity contribution in [2.45, 2.75) is 0 Å². The van der Waals surface area contributed by atoms with E-state index in [1.165, 1.54) is 0 Å². The molecule has 0 radical (unpaired) electrons. The van der Waals surface area contributed by atoms with E-state index >= 15 is 0 Å². The third-order valence-corrected chi connectivity index (χ3v) is 5.38. The molecule has 0 atom stereocenters. The van der Waals surface area contributed by atoms with Crippen molar-refractivity contribution in [1.82, 2.24) is 4.98 Å². The van der Waals surface area contributed by atoms with E-state index in [2.05, 4.69) is 15.0 Å². The fourth-order valence-electron chi connectivity index (χ4n) is 3.20. The Kier molecular flexibility index (Phi) is 5.63. The first-order chi connectivity index (χ1) is 14.8. The van der Waals surface area contributed by atoms with Gasteiger partial charge in [0.2, 0.25) is 10.0 Å². The average molecular weight is 452 g/mol. The standard InChI is InChI=1S/C23H18ClN3O3S/c1-31(29,30)27-18-6-4-5-17(13-18)25-23(28)20-14-22(15-9-11-16(24)12-10-15)26-21-8-3-2-7-19(20)21/h2-14,27H,1H3,(H,25,28). The van der Waals surface area contributed by atoms with Gasteiger partial charge in [-0.25, -0.2) is 13.4 Å². The van der Waals surface area contributed by atoms with Crippen molar-refractivity contribution in [2.75, 3.05) is 16.3 Å². The normalized spacial score (nSPS) is 11.3. The van der Waals surface area contributed by atoms with Crippen molar-refractivity contribution < 1.29 is 13.2 Å². The van der Waals surface area contributed by atoms with Crippen LogP contribution in [0.2, 0.25) is 5.02 Å². The van der Waals surface area contributed by atoms with E-state index in [1.807, 2.05) is 36.4 Å². The molecule has 1 aromatic heterocycles. The second kappa shape index (κ2) is 8.37. The lowest BCUT2D eigenvalue weighted by molar-refractivity contribution is 0.102. The molecule has 0 unspecified atom stereocenters. The summed E-state index contributed by atoms with van der Waals surface area (Å²) in [5.41, 5.74) is 3.45. The van der Waals surface area contributed by atoms with Crippen LogP contribution in [0.25, 0.3) is 22.2 Å². The van der Waals surface area contributed by atoms with E-state index in [0.29, 0.717) is 38.6 Å². The number of anilines is 2. The maximum absolute atomic E-state index is 13.2. The van der Waals surface area contributed by atoms with Crippen LogP contribution in [-0.4, -0.2) is 25.6 Å². The van der Waals surface area contributed by atoms with Crippen LogP contribution in [0, 0.1) is 0 Å². The largest absolute Gasteiger partial charge is 0.322 e. The second-order valence-electron chi connectivity index (χ2n) is 6.99. The summed E-state index contributed by atoms with van der Waals surface area (Å²) < 4.78 is 25.4. The number of para-hydroxylation sites is 1. The first-order valence-corrected chi connectivity index (χ1v) is 11.6. The van der Waals surface area contributed by atoms with Gasteiger partial charge in [0.25, 0.3) is 5.91 Å². The number of hydrogen-bond donors (Lipinski definition) is 2. The number of aromatic nitrogens is 1. The molecule has 4 aromatic rings. The van der Waals surface area contributed by atoms with Crippen LogP contribution >= 0.6 is 11.6 Å². The van der Waals surface area contributed by atoms with Gasteiger partial charge in [0.1, 0.15) is 0 Å². The van der Waals surface area contributed by atoms with Crippen LogP contribution in [0.3, 0.4) is 0 Å². The molecule has 0 aliphatic carbocycles. The highest BCUT2D eigenvalue weighted by Gasteiger charge is 2.15. The molecular formula is C23H18ClN3O3S. The number of pyridine rings is 1. The predicted octanol–water partition coefficient (Wildman–Crippen LogP) is 5.18. The minimum atomic E-state index is -3.42. The van der Waals surface area contributed by atoms with Crippen molar-refractivity contribution in [1.29, 1.82) is 0 Å². The first-order valence-electron chi connectivity index (χ1n) is 9.33. The molecule has 6 nitrogen and oxygen atoms in total. The van der Waals surface area contributed by atoms with E-state index in [0.717, 1.165) is 11.8 Å². The van der Waals surface area contributed by atoms with Gasteiger partial charge in [0.15, 0.2) is 0 Å². The Morgan fingerprint density at radius 3 is 2.35 bits per heavy atom. The molecule has 0 spiro atoms. The summed E-state index contributed by atoms with van der Waals surface area (Å²) >= 11 is 5.99. The Morgan fingerprint density at radius 1 is 0.903 bits per heavy atom. The number of rotatable bonds is 5. The van der Waals surface area contributed by atoms with Crippen molar-refractivity contribution >= 4 is 49.8 Å². The smallest absolute Gasteiger partial charge is 0.256 e. The number of fused-ring (bicyclic) bond motifs is 1. The zero-order valence-corrected chi connectivity index (χ0v) is 18.0. The Morgan fingerprint density at radius 2 is 1.61 bits per heavy atom. The van der Waals surface area contributed by atoms with Crippen molar-refractivity contribution in [2.24, 2.45) is 0 Å². The number of hydrogen-bond acceptors (Lipinski definition) is 4. The van der Waals surface area contributed by atoms with Gasteiger partial charge in [0.05, 0.1) is 28.7 Å². The number of benzene rings is 3. The number of sulfonamides is 1. The maximum Gasteiger partial charge on any atom is 0.256 e. The molecule has 156 valence electrons. The van der Waals surface area contributed by atoms with Crippen LogP contribution in [0.5, 0.6) is 0 Å². The SMILES string of the molecule is CS(=O)(=O)Nc1cccc(NC(=O)c2cc(-c3ccc(Cl)cc3)nc3ccccc23)c1. The average Bonchev–Trinajstić information content (AvgIpc) is 2.72. The maximum atomic E-state index is 13.2. The number of carbonyl (C=O) groups excluding carboxylic acids is 1. The van der Waals surface area contributed by atoms with Gasteiger partial charge in [-0.3, -0.25) is 9.52 Å². The summed E-state index contributed by atoms with van der Waals surface area (Å²) in [6.07, 6.45) is 1.07. The molecule has 0 aliphatic rings. The van der Waals surface area contributed by atoms with E-state index in [9.17, 15) is 13.2 Å². The summed E-state index contributed by atoms with van der Waals surface area (Å²) in [5.74, 6) is -0.328. The molecule has 4 rings (SSSR count). The monoisotopic (exact) mass is 451 g/mol. The molecule has 1 heterocycles. The summed E-state index contributed by atoms with van der Waals surface area (Å²) in [6, 6.07) is 22.9. The summed E-state index contributed by atoms with van der Waals surface area (Å²) in [6.45, 7) is 0. The van der Waals surface area contributed by atoms with Crippen LogP contribution in [0.15, 0.2) is 78.9 Å². The molecule has 8 heteroatoms. The van der Waals surface area contributed by atoms with Crippen LogP contribution in [0.1, 0.15) is 10.4 Å². The van der Waals surface area contributed by atoms with Crippen molar-refractivity contribution in [3.05, 3.63) is 89.4 Å². The zero-order chi connectivity index (χ0) is 22.0. The summed E-state index contributed by atoms with van der Waals surface area (Å²) in [4.78, 5) is 17.8. The van der Waals surface area contributed by atoms with E-state index in [4.69, 9.17) is 11.6 Å². The highest BCUT2D eigenvalue weighted by Crippen LogP contribution is 2.27. The predicted molar refractivity (Wildman–Crippen MR) is 125 cm³/mol. The Labute approximate surface area is 185 Å². The number of halogens is 1. The highest BCUT2D eigenvalue weighted by molar-refractivity contribution is 7.92. The van der Waals surface area contributed by atoms with Gasteiger partial charge in [-0.2, -0.15) is 0 Å². The number of carbonyl (C=O) groups is 1. The topological polar surface area (TPSA) is 88.2 Å². The number of amides is 1. The Hall–Kier alpha value is -3.42. The van der Waals surface area contributed by atoms with Crippen molar-refractivity contribution in [3.8, 4) is 11.3 Å². The van der Waals surface area contributed by atoms with Gasteiger partial charge < -0.3 is 5.32 Å². The molecule has 0 bridgehead atoms. The lowest BCUT2D eigenvalue weighted by Gasteiger charge is -2.12.